The van der Waals surface area contributed by atoms with Crippen LogP contribution < -0.4 is 10.2 Å². The molecule has 1 amide bonds. The van der Waals surface area contributed by atoms with Gasteiger partial charge in [-0.3, -0.25) is 4.79 Å². The minimum Gasteiger partial charge on any atom is -0.481 e. The Balaban J connectivity index is 1.90. The minimum atomic E-state index is -0.671. The highest BCUT2D eigenvalue weighted by molar-refractivity contribution is 6.36. The zero-order chi connectivity index (χ0) is 16.8. The average Bonchev–Trinajstić information content (AvgIpc) is 2.51. The van der Waals surface area contributed by atoms with Gasteiger partial charge in [0, 0.05) is 10.6 Å². The van der Waals surface area contributed by atoms with Crippen LogP contribution in [0, 0.1) is 6.92 Å². The van der Waals surface area contributed by atoms with Crippen molar-refractivity contribution in [2.24, 2.45) is 5.10 Å². The van der Waals surface area contributed by atoms with Crippen molar-refractivity contribution in [1.29, 1.82) is 0 Å². The second kappa shape index (κ2) is 7.99. The molecule has 0 aliphatic rings. The van der Waals surface area contributed by atoms with Crippen LogP contribution in [0.1, 0.15) is 18.1 Å². The first-order valence-corrected chi connectivity index (χ1v) is 7.72. The number of nitrogens with zero attached hydrogens (tertiary/aromatic N) is 1. The average molecular weight is 351 g/mol. The summed E-state index contributed by atoms with van der Waals surface area (Å²) in [5.41, 5.74) is 4.20. The first kappa shape index (κ1) is 17.3. The molecule has 120 valence electrons. The molecule has 2 aromatic carbocycles. The summed E-state index contributed by atoms with van der Waals surface area (Å²) in [7, 11) is 0. The number of hydrogen-bond acceptors (Lipinski definition) is 3. The van der Waals surface area contributed by atoms with Crippen LogP contribution in [0.5, 0.6) is 5.75 Å². The molecule has 4 nitrogen and oxygen atoms in total. The Bertz CT molecular complexity index is 715. The maximum atomic E-state index is 11.9. The molecule has 0 radical (unpaired) electrons. The third kappa shape index (κ3) is 5.27. The molecule has 0 saturated carbocycles. The Hall–Kier alpha value is -2.04. The summed E-state index contributed by atoms with van der Waals surface area (Å²) in [6.45, 7) is 3.64. The van der Waals surface area contributed by atoms with Gasteiger partial charge < -0.3 is 4.74 Å². The summed E-state index contributed by atoms with van der Waals surface area (Å²) in [5.74, 6) is 0.273. The first-order valence-electron chi connectivity index (χ1n) is 6.97. The summed E-state index contributed by atoms with van der Waals surface area (Å²) in [4.78, 5) is 11.9. The van der Waals surface area contributed by atoms with Gasteiger partial charge in [-0.05, 0) is 38.1 Å². The molecule has 0 bridgehead atoms. The lowest BCUT2D eigenvalue weighted by atomic mass is 10.2. The molecular weight excluding hydrogens is 335 g/mol. The van der Waals surface area contributed by atoms with E-state index in [-0.39, 0.29) is 5.91 Å². The highest BCUT2D eigenvalue weighted by Gasteiger charge is 2.13. The van der Waals surface area contributed by atoms with E-state index in [9.17, 15) is 4.79 Å². The number of hydrazone groups is 1. The smallest absolute Gasteiger partial charge is 0.280 e. The van der Waals surface area contributed by atoms with E-state index in [1.807, 2.05) is 31.2 Å². The first-order chi connectivity index (χ1) is 11.0. The van der Waals surface area contributed by atoms with E-state index in [1.54, 1.807) is 25.1 Å². The number of carbonyl (C=O) groups is 1. The van der Waals surface area contributed by atoms with Crippen molar-refractivity contribution in [2.45, 2.75) is 20.0 Å². The summed E-state index contributed by atoms with van der Waals surface area (Å²) in [6, 6.07) is 12.5. The predicted molar refractivity (Wildman–Crippen MR) is 93.5 cm³/mol. The third-order valence-corrected chi connectivity index (χ3v) is 3.61. The maximum absolute atomic E-state index is 11.9. The van der Waals surface area contributed by atoms with Crippen LogP contribution in [0.3, 0.4) is 0 Å². The molecule has 0 fully saturated rings. The fourth-order valence-electron chi connectivity index (χ4n) is 1.74. The zero-order valence-corrected chi connectivity index (χ0v) is 14.2. The van der Waals surface area contributed by atoms with Crippen LogP contribution in [-0.4, -0.2) is 18.2 Å². The molecule has 0 saturated heterocycles. The van der Waals surface area contributed by atoms with Gasteiger partial charge in [-0.25, -0.2) is 5.43 Å². The van der Waals surface area contributed by atoms with E-state index in [2.05, 4.69) is 10.5 Å². The predicted octanol–water partition coefficient (Wildman–Crippen LogP) is 4.22. The number of amides is 1. The van der Waals surface area contributed by atoms with Gasteiger partial charge in [-0.2, -0.15) is 5.10 Å². The monoisotopic (exact) mass is 350 g/mol. The second-order valence-corrected chi connectivity index (χ2v) is 5.82. The number of carbonyl (C=O) groups excluding carboxylic acids is 1. The van der Waals surface area contributed by atoms with Gasteiger partial charge in [-0.15, -0.1) is 0 Å². The normalized spacial score (nSPS) is 12.2. The Morgan fingerprint density at radius 1 is 1.22 bits per heavy atom. The number of aryl methyl sites for hydroxylation is 1. The molecule has 0 aliphatic carbocycles. The van der Waals surface area contributed by atoms with Crippen molar-refractivity contribution < 1.29 is 9.53 Å². The van der Waals surface area contributed by atoms with Gasteiger partial charge in [0.15, 0.2) is 6.10 Å². The Kier molecular flexibility index (Phi) is 6.02. The molecule has 0 heterocycles. The Morgan fingerprint density at radius 2 is 1.91 bits per heavy atom. The summed E-state index contributed by atoms with van der Waals surface area (Å²) < 4.78 is 5.54. The second-order valence-electron chi connectivity index (χ2n) is 4.97. The van der Waals surface area contributed by atoms with Crippen molar-refractivity contribution in [1.82, 2.24) is 5.43 Å². The number of rotatable bonds is 5. The van der Waals surface area contributed by atoms with Crippen LogP contribution in [0.25, 0.3) is 0 Å². The molecule has 1 atom stereocenters. The van der Waals surface area contributed by atoms with Crippen LogP contribution in [0.2, 0.25) is 10.0 Å². The van der Waals surface area contributed by atoms with E-state index >= 15 is 0 Å². The van der Waals surface area contributed by atoms with Crippen molar-refractivity contribution >= 4 is 35.3 Å². The van der Waals surface area contributed by atoms with E-state index < -0.39 is 6.10 Å². The fraction of sp³-hybridized carbons (Fsp3) is 0.176. The maximum Gasteiger partial charge on any atom is 0.280 e. The van der Waals surface area contributed by atoms with Crippen LogP contribution in [0.15, 0.2) is 47.6 Å². The number of ether oxygens (including phenoxy) is 1. The molecule has 0 spiro atoms. The van der Waals surface area contributed by atoms with E-state index in [0.717, 1.165) is 5.56 Å². The van der Waals surface area contributed by atoms with E-state index in [1.165, 1.54) is 6.21 Å². The number of benzene rings is 2. The summed E-state index contributed by atoms with van der Waals surface area (Å²) in [6.07, 6.45) is 0.783. The quantitative estimate of drug-likeness (QED) is 0.648. The summed E-state index contributed by atoms with van der Waals surface area (Å²) >= 11 is 11.8. The molecule has 0 aliphatic heterocycles. The molecule has 2 rings (SSSR count). The number of nitrogens with one attached hydrogen (secondary N) is 1. The minimum absolute atomic E-state index is 0.355. The lowest BCUT2D eigenvalue weighted by Gasteiger charge is -2.12. The van der Waals surface area contributed by atoms with Crippen molar-refractivity contribution in [3.05, 3.63) is 63.6 Å². The van der Waals surface area contributed by atoms with Gasteiger partial charge >= 0.3 is 0 Å². The standard InChI is InChI=1S/C17H16Cl2N2O2/c1-11-3-7-15(8-4-11)23-12(2)17(22)21-20-10-13-5-6-14(18)9-16(13)19/h3-10,12H,1-2H3,(H,21,22)/b20-10+. The van der Waals surface area contributed by atoms with Crippen LogP contribution in [-0.2, 0) is 4.79 Å². The van der Waals surface area contributed by atoms with E-state index in [4.69, 9.17) is 27.9 Å². The van der Waals surface area contributed by atoms with Gasteiger partial charge in [0.2, 0.25) is 0 Å². The molecule has 2 aromatic rings. The fourth-order valence-corrected chi connectivity index (χ4v) is 2.19. The number of halogens is 2. The van der Waals surface area contributed by atoms with Crippen molar-refractivity contribution in [3.8, 4) is 5.75 Å². The molecule has 1 unspecified atom stereocenters. The molecule has 23 heavy (non-hydrogen) atoms. The molecular formula is C17H16Cl2N2O2. The number of hydrogen-bond donors (Lipinski definition) is 1. The van der Waals surface area contributed by atoms with Crippen LogP contribution in [0.4, 0.5) is 0 Å². The van der Waals surface area contributed by atoms with Gasteiger partial charge in [0.25, 0.3) is 5.91 Å². The lowest BCUT2D eigenvalue weighted by Crippen LogP contribution is -2.33. The SMILES string of the molecule is Cc1ccc(OC(C)C(=O)N/N=C/c2ccc(Cl)cc2Cl)cc1. The molecule has 1 N–H and O–H groups in total. The highest BCUT2D eigenvalue weighted by atomic mass is 35.5. The summed E-state index contributed by atoms with van der Waals surface area (Å²) in [5, 5.41) is 4.87. The lowest BCUT2D eigenvalue weighted by molar-refractivity contribution is -0.127. The largest absolute Gasteiger partial charge is 0.481 e. The van der Waals surface area contributed by atoms with E-state index in [0.29, 0.717) is 21.4 Å². The van der Waals surface area contributed by atoms with Gasteiger partial charge in [-0.1, -0.05) is 47.0 Å². The third-order valence-electron chi connectivity index (χ3n) is 3.04. The zero-order valence-electron chi connectivity index (χ0n) is 12.7. The van der Waals surface area contributed by atoms with Crippen LogP contribution >= 0.6 is 23.2 Å². The van der Waals surface area contributed by atoms with Crippen molar-refractivity contribution in [3.63, 3.8) is 0 Å². The van der Waals surface area contributed by atoms with Crippen molar-refractivity contribution in [2.75, 3.05) is 0 Å². The molecule has 6 heteroatoms. The van der Waals surface area contributed by atoms with Gasteiger partial charge in [0.05, 0.1) is 11.2 Å². The Morgan fingerprint density at radius 3 is 2.57 bits per heavy atom. The highest BCUT2D eigenvalue weighted by Crippen LogP contribution is 2.19. The van der Waals surface area contributed by atoms with Gasteiger partial charge in [0.1, 0.15) is 5.75 Å². The topological polar surface area (TPSA) is 50.7 Å². The Labute approximate surface area is 145 Å². The molecule has 0 aromatic heterocycles.